The Hall–Kier alpha value is -8.54. The van der Waals surface area contributed by atoms with Crippen LogP contribution in [0.1, 0.15) is 0 Å². The SMILES string of the molecule is c1ccc(-c2nc(-c3ccc(-n4c5ccccc5c5c4ccc4c6c7c(ccc6n(-c6cc8ccccc8c8ccccc68)c45)oc4ccccc47)cc3)nc3ccccc23)cc1. The molecule has 0 aliphatic carbocycles. The van der Waals surface area contributed by atoms with Crippen molar-refractivity contribution < 1.29 is 4.42 Å². The lowest BCUT2D eigenvalue weighted by Crippen LogP contribution is -1.98. The molecule has 63 heavy (non-hydrogen) atoms. The molecule has 5 nitrogen and oxygen atoms in total. The number of furan rings is 1. The minimum atomic E-state index is 0.702. The molecule has 0 radical (unpaired) electrons. The smallest absolute Gasteiger partial charge is 0.160 e. The van der Waals surface area contributed by atoms with Crippen LogP contribution in [-0.4, -0.2) is 19.1 Å². The van der Waals surface area contributed by atoms with E-state index >= 15 is 0 Å². The average Bonchev–Trinajstić information content (AvgIpc) is 4.01. The van der Waals surface area contributed by atoms with Gasteiger partial charge >= 0.3 is 0 Å². The highest BCUT2D eigenvalue weighted by Gasteiger charge is 2.25. The molecule has 0 amide bonds. The minimum Gasteiger partial charge on any atom is -0.456 e. The van der Waals surface area contributed by atoms with E-state index in [1.165, 1.54) is 48.6 Å². The molecule has 5 heteroatoms. The van der Waals surface area contributed by atoms with Crippen LogP contribution in [0.25, 0.3) is 132 Å². The first-order chi connectivity index (χ1) is 31.3. The Kier molecular flexibility index (Phi) is 7.05. The van der Waals surface area contributed by atoms with Crippen LogP contribution >= 0.6 is 0 Å². The van der Waals surface area contributed by atoms with Gasteiger partial charge in [-0.15, -0.1) is 0 Å². The Morgan fingerprint density at radius 3 is 1.89 bits per heavy atom. The molecule has 0 aliphatic heterocycles. The lowest BCUT2D eigenvalue weighted by Gasteiger charge is -2.15. The number of fused-ring (bicyclic) bond motifs is 15. The van der Waals surface area contributed by atoms with Crippen molar-refractivity contribution in [1.29, 1.82) is 0 Å². The van der Waals surface area contributed by atoms with Crippen molar-refractivity contribution in [2.24, 2.45) is 0 Å². The lowest BCUT2D eigenvalue weighted by molar-refractivity contribution is 0.669. The second-order valence-electron chi connectivity index (χ2n) is 16.5. The fourth-order valence-electron chi connectivity index (χ4n) is 10.4. The Morgan fingerprint density at radius 1 is 0.365 bits per heavy atom. The highest BCUT2D eigenvalue weighted by Crippen LogP contribution is 2.47. The Labute approximate surface area is 360 Å². The molecule has 0 spiro atoms. The molecule has 0 fully saturated rings. The van der Waals surface area contributed by atoms with Gasteiger partial charge < -0.3 is 13.6 Å². The molecule has 10 aromatic carbocycles. The van der Waals surface area contributed by atoms with Gasteiger partial charge in [-0.05, 0) is 82.9 Å². The number of para-hydroxylation sites is 3. The molecular weight excluding hydrogens is 769 g/mol. The number of nitrogens with zero attached hydrogens (tertiary/aromatic N) is 4. The Morgan fingerprint density at radius 2 is 1.03 bits per heavy atom. The van der Waals surface area contributed by atoms with Crippen LogP contribution in [-0.2, 0) is 0 Å². The average molecular weight is 803 g/mol. The van der Waals surface area contributed by atoms with Crippen LogP contribution in [0.15, 0.2) is 211 Å². The monoisotopic (exact) mass is 802 g/mol. The van der Waals surface area contributed by atoms with Crippen molar-refractivity contribution in [1.82, 2.24) is 19.1 Å². The van der Waals surface area contributed by atoms with Crippen molar-refractivity contribution in [3.63, 3.8) is 0 Å². The van der Waals surface area contributed by atoms with Gasteiger partial charge in [0.25, 0.3) is 0 Å². The van der Waals surface area contributed by atoms with Crippen LogP contribution in [0.3, 0.4) is 0 Å². The maximum absolute atomic E-state index is 6.54. The van der Waals surface area contributed by atoms with Crippen molar-refractivity contribution in [2.45, 2.75) is 0 Å². The van der Waals surface area contributed by atoms with E-state index in [4.69, 9.17) is 14.4 Å². The first-order valence-corrected chi connectivity index (χ1v) is 21.4. The highest BCUT2D eigenvalue weighted by molar-refractivity contribution is 6.33. The number of benzene rings is 10. The van der Waals surface area contributed by atoms with Gasteiger partial charge in [-0.2, -0.15) is 0 Å². The zero-order valence-electron chi connectivity index (χ0n) is 33.8. The predicted molar refractivity (Wildman–Crippen MR) is 261 cm³/mol. The van der Waals surface area contributed by atoms with Crippen LogP contribution in [0, 0.1) is 0 Å². The summed E-state index contributed by atoms with van der Waals surface area (Å²) in [7, 11) is 0. The van der Waals surface area contributed by atoms with Crippen molar-refractivity contribution in [2.75, 3.05) is 0 Å². The fourth-order valence-corrected chi connectivity index (χ4v) is 10.4. The van der Waals surface area contributed by atoms with Gasteiger partial charge in [0.2, 0.25) is 0 Å². The summed E-state index contributed by atoms with van der Waals surface area (Å²) >= 11 is 0. The number of rotatable bonds is 4. The molecule has 0 aliphatic rings. The van der Waals surface area contributed by atoms with Gasteiger partial charge in [0.1, 0.15) is 11.2 Å². The maximum Gasteiger partial charge on any atom is 0.160 e. The first-order valence-electron chi connectivity index (χ1n) is 21.4. The topological polar surface area (TPSA) is 48.8 Å². The van der Waals surface area contributed by atoms with Crippen molar-refractivity contribution in [3.05, 3.63) is 206 Å². The van der Waals surface area contributed by atoms with E-state index in [-0.39, 0.29) is 0 Å². The van der Waals surface area contributed by atoms with Crippen LogP contribution in [0.5, 0.6) is 0 Å². The van der Waals surface area contributed by atoms with E-state index in [1.807, 2.05) is 18.2 Å². The third-order valence-corrected chi connectivity index (χ3v) is 13.1. The van der Waals surface area contributed by atoms with E-state index in [0.29, 0.717) is 5.82 Å². The summed E-state index contributed by atoms with van der Waals surface area (Å²) < 4.78 is 11.5. The third-order valence-electron chi connectivity index (χ3n) is 13.1. The van der Waals surface area contributed by atoms with Gasteiger partial charge in [-0.25, -0.2) is 9.97 Å². The van der Waals surface area contributed by atoms with Crippen LogP contribution < -0.4 is 0 Å². The number of hydrogen-bond donors (Lipinski definition) is 0. The van der Waals surface area contributed by atoms with Crippen molar-refractivity contribution in [3.8, 4) is 34.0 Å². The largest absolute Gasteiger partial charge is 0.456 e. The summed E-state index contributed by atoms with van der Waals surface area (Å²) in [6, 6.07) is 73.6. The van der Waals surface area contributed by atoms with Crippen LogP contribution in [0.4, 0.5) is 0 Å². The molecule has 4 heterocycles. The molecule has 0 atom stereocenters. The van der Waals surface area contributed by atoms with Crippen molar-refractivity contribution >= 4 is 98.0 Å². The molecular formula is C58H34N4O. The molecule has 0 saturated heterocycles. The van der Waals surface area contributed by atoms with E-state index in [1.54, 1.807) is 0 Å². The molecule has 292 valence electrons. The normalized spacial score (nSPS) is 12.1. The lowest BCUT2D eigenvalue weighted by atomic mass is 10.00. The number of hydrogen-bond acceptors (Lipinski definition) is 3. The molecule has 0 bridgehead atoms. The van der Waals surface area contributed by atoms with Gasteiger partial charge in [-0.1, -0.05) is 140 Å². The summed E-state index contributed by atoms with van der Waals surface area (Å²) in [4.78, 5) is 10.2. The molecule has 14 rings (SSSR count). The standard InChI is InChI=1S/C58H34N4O/c1-2-14-35(15-3-1)56-42-20-8-11-23-46(42)59-58(60-56)36-26-28-38(29-27-36)61-47-24-12-9-21-43(47)54-49(61)31-30-45-53-48(32-33-52-55(53)44-22-10-13-25-51(44)63-52)62(57(45)54)50-34-37-16-4-5-17-39(37)40-18-6-7-19-41(40)50/h1-34H. The van der Waals surface area contributed by atoms with Gasteiger partial charge in [0, 0.05) is 59.9 Å². The summed E-state index contributed by atoms with van der Waals surface area (Å²) in [5.74, 6) is 0.702. The van der Waals surface area contributed by atoms with E-state index in [0.717, 1.165) is 77.6 Å². The van der Waals surface area contributed by atoms with E-state index < -0.39 is 0 Å². The maximum atomic E-state index is 6.54. The van der Waals surface area contributed by atoms with E-state index in [2.05, 4.69) is 197 Å². The third kappa shape index (κ3) is 4.87. The second kappa shape index (κ2) is 13.0. The quantitative estimate of drug-likeness (QED) is 0.167. The van der Waals surface area contributed by atoms with E-state index in [9.17, 15) is 0 Å². The Balaban J connectivity index is 1.06. The van der Waals surface area contributed by atoms with Crippen LogP contribution in [0.2, 0.25) is 0 Å². The summed E-state index contributed by atoms with van der Waals surface area (Å²) in [5, 5.41) is 13.0. The molecule has 4 aromatic heterocycles. The molecule has 14 aromatic rings. The first kappa shape index (κ1) is 34.2. The molecule has 0 N–H and O–H groups in total. The summed E-state index contributed by atoms with van der Waals surface area (Å²) in [6.45, 7) is 0. The Bertz CT molecular complexity index is 4190. The fraction of sp³-hybridized carbons (Fsp3) is 0. The van der Waals surface area contributed by atoms with Gasteiger partial charge in [-0.3, -0.25) is 0 Å². The molecule has 0 unspecified atom stereocenters. The minimum absolute atomic E-state index is 0.702. The summed E-state index contributed by atoms with van der Waals surface area (Å²) in [5.41, 5.74) is 12.5. The summed E-state index contributed by atoms with van der Waals surface area (Å²) in [6.07, 6.45) is 0. The predicted octanol–water partition coefficient (Wildman–Crippen LogP) is 15.4. The number of aromatic nitrogens is 4. The zero-order chi connectivity index (χ0) is 41.2. The highest BCUT2D eigenvalue weighted by atomic mass is 16.3. The van der Waals surface area contributed by atoms with Gasteiger partial charge in [0.15, 0.2) is 5.82 Å². The van der Waals surface area contributed by atoms with Gasteiger partial charge in [0.05, 0.1) is 39.0 Å². The second-order valence-corrected chi connectivity index (χ2v) is 16.5. The molecule has 0 saturated carbocycles. The zero-order valence-corrected chi connectivity index (χ0v) is 33.8.